The van der Waals surface area contributed by atoms with Gasteiger partial charge in [0.15, 0.2) is 5.78 Å². The van der Waals surface area contributed by atoms with Crippen molar-refractivity contribution in [2.24, 2.45) is 5.92 Å². The number of Topliss-reactive ketones (excluding diaryl/α,β-unsaturated/α-hetero) is 1. The normalized spacial score (nSPS) is 16.9. The van der Waals surface area contributed by atoms with Gasteiger partial charge >= 0.3 is 0 Å². The van der Waals surface area contributed by atoms with Crippen molar-refractivity contribution < 1.29 is 17.6 Å². The topological polar surface area (TPSA) is 63.2 Å². The number of nitrogens with one attached hydrogen (secondary N) is 1. The van der Waals surface area contributed by atoms with Crippen molar-refractivity contribution in [2.45, 2.75) is 25.2 Å². The molecule has 1 unspecified atom stereocenters. The minimum absolute atomic E-state index is 0.0747. The number of sulfonamides is 1. The van der Waals surface area contributed by atoms with Gasteiger partial charge in [-0.05, 0) is 61.7 Å². The fraction of sp³-hybridized carbons (Fsp3) is 0.190. The molecule has 1 aliphatic rings. The van der Waals surface area contributed by atoms with E-state index in [2.05, 4.69) is 4.72 Å². The number of aryl methyl sites for hydroxylation is 1. The van der Waals surface area contributed by atoms with Crippen LogP contribution in [0.3, 0.4) is 0 Å². The first-order chi connectivity index (χ1) is 13.2. The summed E-state index contributed by atoms with van der Waals surface area (Å²) in [6, 6.07) is 10.7. The molecule has 4 nitrogen and oxygen atoms in total. The molecule has 0 bridgehead atoms. The SMILES string of the molecule is Cc1ccc(S(=O)(=O)Nc2ccc(Cl)cc2C(=O)C2=CC(F)=CCC2C)cc1. The molecule has 7 heteroatoms. The molecule has 3 rings (SSSR count). The number of carbonyl (C=O) groups is 1. The van der Waals surface area contributed by atoms with Gasteiger partial charge < -0.3 is 0 Å². The molecule has 0 fully saturated rings. The smallest absolute Gasteiger partial charge is 0.261 e. The van der Waals surface area contributed by atoms with Gasteiger partial charge in [0.25, 0.3) is 10.0 Å². The summed E-state index contributed by atoms with van der Waals surface area (Å²) in [5.41, 5.74) is 1.38. The van der Waals surface area contributed by atoms with Crippen LogP contribution in [0.15, 0.2) is 70.9 Å². The van der Waals surface area contributed by atoms with E-state index in [9.17, 15) is 17.6 Å². The van der Waals surface area contributed by atoms with E-state index in [0.717, 1.165) is 5.56 Å². The zero-order chi connectivity index (χ0) is 20.5. The predicted octanol–water partition coefficient (Wildman–Crippen LogP) is 5.45. The number of rotatable bonds is 5. The third-order valence-electron chi connectivity index (χ3n) is 4.55. The zero-order valence-electron chi connectivity index (χ0n) is 15.4. The van der Waals surface area contributed by atoms with Gasteiger partial charge in [0.2, 0.25) is 0 Å². The fourth-order valence-corrected chi connectivity index (χ4v) is 4.18. The maximum Gasteiger partial charge on any atom is 0.261 e. The van der Waals surface area contributed by atoms with E-state index in [0.29, 0.717) is 6.42 Å². The van der Waals surface area contributed by atoms with Gasteiger partial charge in [-0.25, -0.2) is 12.8 Å². The molecule has 2 aromatic rings. The third-order valence-corrected chi connectivity index (χ3v) is 6.17. The van der Waals surface area contributed by atoms with E-state index < -0.39 is 21.6 Å². The minimum Gasteiger partial charge on any atom is -0.289 e. The third kappa shape index (κ3) is 4.34. The number of hydrogen-bond acceptors (Lipinski definition) is 3. The molecule has 0 saturated carbocycles. The fourth-order valence-electron chi connectivity index (χ4n) is 2.93. The van der Waals surface area contributed by atoms with Crippen LogP contribution in [-0.2, 0) is 10.0 Å². The van der Waals surface area contributed by atoms with E-state index in [1.54, 1.807) is 12.1 Å². The van der Waals surface area contributed by atoms with Crippen molar-refractivity contribution in [1.82, 2.24) is 0 Å². The van der Waals surface area contributed by atoms with Crippen LogP contribution in [0.2, 0.25) is 5.02 Å². The van der Waals surface area contributed by atoms with Crippen LogP contribution in [0.1, 0.15) is 29.3 Å². The first-order valence-corrected chi connectivity index (χ1v) is 10.5. The number of carbonyl (C=O) groups excluding carboxylic acids is 1. The highest BCUT2D eigenvalue weighted by Crippen LogP contribution is 2.31. The number of halogens is 2. The Labute approximate surface area is 168 Å². The van der Waals surface area contributed by atoms with E-state index in [-0.39, 0.29) is 32.7 Å². The van der Waals surface area contributed by atoms with Crippen molar-refractivity contribution in [3.63, 3.8) is 0 Å². The van der Waals surface area contributed by atoms with Crippen LogP contribution in [0.4, 0.5) is 10.1 Å². The van der Waals surface area contributed by atoms with Gasteiger partial charge in [0.05, 0.1) is 10.6 Å². The molecule has 0 spiro atoms. The van der Waals surface area contributed by atoms with E-state index in [4.69, 9.17) is 11.6 Å². The first-order valence-electron chi connectivity index (χ1n) is 8.68. The molecule has 0 aromatic heterocycles. The lowest BCUT2D eigenvalue weighted by atomic mass is 9.87. The number of ketones is 1. The summed E-state index contributed by atoms with van der Waals surface area (Å²) in [5, 5.41) is 0.279. The summed E-state index contributed by atoms with van der Waals surface area (Å²) in [6.07, 6.45) is 3.00. The van der Waals surface area contributed by atoms with Gasteiger partial charge in [-0.2, -0.15) is 0 Å². The highest BCUT2D eigenvalue weighted by atomic mass is 35.5. The molecular weight excluding hydrogens is 401 g/mol. The predicted molar refractivity (Wildman–Crippen MR) is 109 cm³/mol. The lowest BCUT2D eigenvalue weighted by Crippen LogP contribution is -2.18. The van der Waals surface area contributed by atoms with Crippen LogP contribution >= 0.6 is 11.6 Å². The molecule has 2 aromatic carbocycles. The molecule has 0 heterocycles. The van der Waals surface area contributed by atoms with Crippen LogP contribution in [0.25, 0.3) is 0 Å². The largest absolute Gasteiger partial charge is 0.289 e. The molecule has 0 aliphatic heterocycles. The van der Waals surface area contributed by atoms with Crippen LogP contribution in [0, 0.1) is 12.8 Å². The summed E-state index contributed by atoms with van der Waals surface area (Å²) in [4.78, 5) is 13.1. The molecule has 0 amide bonds. The minimum atomic E-state index is -3.90. The van der Waals surface area contributed by atoms with Crippen LogP contribution in [-0.4, -0.2) is 14.2 Å². The van der Waals surface area contributed by atoms with Gasteiger partial charge in [0, 0.05) is 16.2 Å². The van der Waals surface area contributed by atoms with Crippen molar-refractivity contribution in [3.8, 4) is 0 Å². The standard InChI is InChI=1S/C21H19ClFNO3S/c1-13-3-8-17(9-4-13)28(26,27)24-20-10-6-15(22)11-19(20)21(25)18-12-16(23)7-5-14(18)2/h3-4,6-12,14,24H,5H2,1-2H3. The summed E-state index contributed by atoms with van der Waals surface area (Å²) in [7, 11) is -3.90. The molecule has 1 atom stereocenters. The average molecular weight is 420 g/mol. The first kappa shape index (κ1) is 20.3. The quantitative estimate of drug-likeness (QED) is 0.655. The number of hydrogen-bond donors (Lipinski definition) is 1. The second-order valence-corrected chi connectivity index (χ2v) is 8.88. The Bertz CT molecular complexity index is 1090. The Morgan fingerprint density at radius 3 is 2.54 bits per heavy atom. The highest BCUT2D eigenvalue weighted by molar-refractivity contribution is 7.92. The second-order valence-electron chi connectivity index (χ2n) is 6.76. The molecule has 28 heavy (non-hydrogen) atoms. The highest BCUT2D eigenvalue weighted by Gasteiger charge is 2.25. The van der Waals surface area contributed by atoms with Gasteiger partial charge in [-0.15, -0.1) is 0 Å². The van der Waals surface area contributed by atoms with E-state index in [1.807, 2.05) is 13.8 Å². The molecular formula is C21H19ClFNO3S. The Hall–Kier alpha value is -2.44. The Morgan fingerprint density at radius 2 is 1.86 bits per heavy atom. The van der Waals surface area contributed by atoms with Crippen molar-refractivity contribution >= 4 is 33.1 Å². The summed E-state index contributed by atoms with van der Waals surface area (Å²) in [5.74, 6) is -1.13. The Kier molecular flexibility index (Phi) is 5.72. The monoisotopic (exact) mass is 419 g/mol. The van der Waals surface area contributed by atoms with Gasteiger partial charge in [-0.1, -0.05) is 36.2 Å². The molecule has 146 valence electrons. The molecule has 0 saturated heterocycles. The summed E-state index contributed by atoms with van der Waals surface area (Å²) in [6.45, 7) is 3.67. The van der Waals surface area contributed by atoms with Crippen molar-refractivity contribution in [2.75, 3.05) is 4.72 Å². The van der Waals surface area contributed by atoms with E-state index in [1.165, 1.54) is 42.5 Å². The maximum absolute atomic E-state index is 13.7. The maximum atomic E-state index is 13.7. The average Bonchev–Trinajstić information content (AvgIpc) is 2.65. The van der Waals surface area contributed by atoms with Gasteiger partial charge in [0.1, 0.15) is 5.83 Å². The lowest BCUT2D eigenvalue weighted by molar-refractivity contribution is 0.102. The molecule has 0 radical (unpaired) electrons. The number of anilines is 1. The van der Waals surface area contributed by atoms with Crippen LogP contribution in [0.5, 0.6) is 0 Å². The van der Waals surface area contributed by atoms with Gasteiger partial charge in [-0.3, -0.25) is 9.52 Å². The summed E-state index contributed by atoms with van der Waals surface area (Å²) < 4.78 is 41.6. The van der Waals surface area contributed by atoms with E-state index >= 15 is 0 Å². The van der Waals surface area contributed by atoms with Crippen molar-refractivity contribution in [3.05, 3.63) is 82.2 Å². The summed E-state index contributed by atoms with van der Waals surface area (Å²) >= 11 is 6.04. The molecule has 1 aliphatic carbocycles. The lowest BCUT2D eigenvalue weighted by Gasteiger charge is -2.19. The van der Waals surface area contributed by atoms with Crippen LogP contribution < -0.4 is 4.72 Å². The second kappa shape index (κ2) is 7.89. The molecule has 1 N–H and O–H groups in total. The number of benzene rings is 2. The van der Waals surface area contributed by atoms with Crippen molar-refractivity contribution in [1.29, 1.82) is 0 Å². The Morgan fingerprint density at radius 1 is 1.18 bits per heavy atom. The zero-order valence-corrected chi connectivity index (χ0v) is 16.9. The Balaban J connectivity index is 2.01. The number of allylic oxidation sites excluding steroid dienone is 4.